The van der Waals surface area contributed by atoms with Crippen molar-refractivity contribution in [2.24, 2.45) is 4.99 Å². The second kappa shape index (κ2) is 8.41. The molecule has 138 valence electrons. The van der Waals surface area contributed by atoms with Crippen molar-refractivity contribution in [3.63, 3.8) is 0 Å². The van der Waals surface area contributed by atoms with Gasteiger partial charge in [-0.05, 0) is 68.7 Å². The Kier molecular flexibility index (Phi) is 6.21. The molecule has 5 nitrogen and oxygen atoms in total. The summed E-state index contributed by atoms with van der Waals surface area (Å²) in [5.41, 5.74) is 2.53. The van der Waals surface area contributed by atoms with Crippen molar-refractivity contribution in [2.45, 2.75) is 6.92 Å². The number of aromatic hydroxyl groups is 2. The normalized spacial score (nSPS) is 15.7. The molecule has 7 heteroatoms. The average Bonchev–Trinajstić information content (AvgIpc) is 2.68. The molecule has 0 spiro atoms. The molecule has 0 aliphatic carbocycles. The number of phenolic OH excluding ortho intramolecular Hbond substituents is 2. The lowest BCUT2D eigenvalue weighted by atomic mass is 10.2. The highest BCUT2D eigenvalue weighted by molar-refractivity contribution is 9.11. The summed E-state index contributed by atoms with van der Waals surface area (Å²) in [4.78, 5) is 9.27. The predicted octanol–water partition coefficient (Wildman–Crippen LogP) is 4.52. The average molecular weight is 483 g/mol. The van der Waals surface area contributed by atoms with E-state index in [2.05, 4.69) is 65.7 Å². The lowest BCUT2D eigenvalue weighted by Gasteiger charge is -2.35. The molecule has 2 N–H and O–H groups in total. The van der Waals surface area contributed by atoms with Crippen LogP contribution in [0.4, 0.5) is 11.4 Å². The number of aliphatic imine (C=N–C) groups is 1. The Balaban J connectivity index is 1.71. The van der Waals surface area contributed by atoms with Crippen LogP contribution in [-0.2, 0) is 0 Å². The van der Waals surface area contributed by atoms with Crippen molar-refractivity contribution in [2.75, 3.05) is 37.6 Å². The molecule has 1 heterocycles. The molecule has 1 fully saturated rings. The maximum Gasteiger partial charge on any atom is 0.147 e. The van der Waals surface area contributed by atoms with Gasteiger partial charge in [0, 0.05) is 43.6 Å². The summed E-state index contributed by atoms with van der Waals surface area (Å²) in [6.07, 6.45) is 1.58. The Morgan fingerprint density at radius 2 is 1.69 bits per heavy atom. The number of likely N-dealkylation sites (N-methyl/N-ethyl adjacent to an activating group) is 1. The van der Waals surface area contributed by atoms with Crippen molar-refractivity contribution in [3.8, 4) is 11.5 Å². The molecule has 0 bridgehead atoms. The summed E-state index contributed by atoms with van der Waals surface area (Å²) in [6, 6.07) is 9.73. The lowest BCUT2D eigenvalue weighted by molar-refractivity contribution is 0.271. The third-order valence-corrected chi connectivity index (χ3v) is 5.94. The molecule has 3 rings (SSSR count). The molecule has 2 aromatic rings. The largest absolute Gasteiger partial charge is 0.506 e. The van der Waals surface area contributed by atoms with E-state index in [9.17, 15) is 10.2 Å². The van der Waals surface area contributed by atoms with Gasteiger partial charge >= 0.3 is 0 Å². The van der Waals surface area contributed by atoms with Crippen molar-refractivity contribution in [1.29, 1.82) is 0 Å². The van der Waals surface area contributed by atoms with E-state index in [4.69, 9.17) is 0 Å². The summed E-state index contributed by atoms with van der Waals surface area (Å²) in [6.45, 7) is 7.59. The number of benzene rings is 2. The fraction of sp³-hybridized carbons (Fsp3) is 0.316. The molecule has 0 atom stereocenters. The molecule has 0 unspecified atom stereocenters. The van der Waals surface area contributed by atoms with Gasteiger partial charge in [0.05, 0.1) is 10.2 Å². The number of nitrogens with zero attached hydrogens (tertiary/aromatic N) is 3. The molecule has 2 aromatic carbocycles. The smallest absolute Gasteiger partial charge is 0.147 e. The minimum absolute atomic E-state index is 0.0350. The minimum atomic E-state index is -0.0418. The first-order valence-corrected chi connectivity index (χ1v) is 10.1. The number of rotatable bonds is 4. The molecule has 0 saturated carbocycles. The van der Waals surface area contributed by atoms with E-state index in [0.717, 1.165) is 38.4 Å². The van der Waals surface area contributed by atoms with Crippen LogP contribution in [0.3, 0.4) is 0 Å². The molecule has 0 radical (unpaired) electrons. The molecule has 1 aliphatic rings. The molecule has 0 amide bonds. The summed E-state index contributed by atoms with van der Waals surface area (Å²) in [7, 11) is 0. The SMILES string of the molecule is CCN1CCN(c2ccc(N=Cc3cc(Br)c(O)c(Br)c3O)cc2)CC1. The van der Waals surface area contributed by atoms with Gasteiger partial charge in [0.25, 0.3) is 0 Å². The van der Waals surface area contributed by atoms with Gasteiger partial charge < -0.3 is 20.0 Å². The Labute approximate surface area is 170 Å². The molecule has 1 saturated heterocycles. The van der Waals surface area contributed by atoms with Gasteiger partial charge in [0.1, 0.15) is 16.0 Å². The van der Waals surface area contributed by atoms with Gasteiger partial charge in [-0.2, -0.15) is 0 Å². The van der Waals surface area contributed by atoms with Gasteiger partial charge in [-0.15, -0.1) is 0 Å². The van der Waals surface area contributed by atoms with Crippen LogP contribution in [0.1, 0.15) is 12.5 Å². The van der Waals surface area contributed by atoms with Crippen LogP contribution in [0.5, 0.6) is 11.5 Å². The lowest BCUT2D eigenvalue weighted by Crippen LogP contribution is -2.46. The van der Waals surface area contributed by atoms with Crippen LogP contribution in [-0.4, -0.2) is 54.1 Å². The number of anilines is 1. The Morgan fingerprint density at radius 3 is 2.31 bits per heavy atom. The van der Waals surface area contributed by atoms with Crippen LogP contribution in [0, 0.1) is 0 Å². The Hall–Kier alpha value is -1.57. The maximum absolute atomic E-state index is 10.1. The van der Waals surface area contributed by atoms with E-state index in [1.807, 2.05) is 12.1 Å². The van der Waals surface area contributed by atoms with Gasteiger partial charge in [-0.25, -0.2) is 0 Å². The highest BCUT2D eigenvalue weighted by Crippen LogP contribution is 2.40. The molecular formula is C19H21Br2N3O2. The van der Waals surface area contributed by atoms with E-state index in [1.165, 1.54) is 5.69 Å². The second-order valence-electron chi connectivity index (χ2n) is 6.15. The summed E-state index contributed by atoms with van der Waals surface area (Å²) in [5, 5.41) is 19.9. The number of hydrogen-bond acceptors (Lipinski definition) is 5. The maximum atomic E-state index is 10.1. The highest BCUT2D eigenvalue weighted by Gasteiger charge is 2.16. The van der Waals surface area contributed by atoms with Gasteiger partial charge in [0.15, 0.2) is 0 Å². The fourth-order valence-corrected chi connectivity index (χ4v) is 4.08. The first-order chi connectivity index (χ1) is 12.5. The molecule has 26 heavy (non-hydrogen) atoms. The van der Waals surface area contributed by atoms with Crippen molar-refractivity contribution in [1.82, 2.24) is 4.90 Å². The minimum Gasteiger partial charge on any atom is -0.506 e. The summed E-state index contributed by atoms with van der Waals surface area (Å²) >= 11 is 6.43. The zero-order valence-corrected chi connectivity index (χ0v) is 17.7. The number of halogens is 2. The van der Waals surface area contributed by atoms with E-state index in [-0.39, 0.29) is 16.0 Å². The van der Waals surface area contributed by atoms with Crippen molar-refractivity contribution < 1.29 is 10.2 Å². The van der Waals surface area contributed by atoms with Crippen LogP contribution in [0.25, 0.3) is 0 Å². The standard InChI is InChI=1S/C19H21Br2N3O2/c1-2-23-7-9-24(10-8-23)15-5-3-14(4-6-15)22-12-13-11-16(20)19(26)17(21)18(13)25/h3-6,11-12,25-26H,2,7-10H2,1H3. The van der Waals surface area contributed by atoms with Gasteiger partial charge in [0.2, 0.25) is 0 Å². The topological polar surface area (TPSA) is 59.3 Å². The zero-order chi connectivity index (χ0) is 18.7. The number of phenols is 2. The van der Waals surface area contributed by atoms with Gasteiger partial charge in [-0.1, -0.05) is 6.92 Å². The Bertz CT molecular complexity index is 801. The van der Waals surface area contributed by atoms with Crippen molar-refractivity contribution >= 4 is 49.4 Å². The van der Waals surface area contributed by atoms with Gasteiger partial charge in [-0.3, -0.25) is 4.99 Å². The first-order valence-electron chi connectivity index (χ1n) is 8.51. The summed E-state index contributed by atoms with van der Waals surface area (Å²) < 4.78 is 0.736. The monoisotopic (exact) mass is 481 g/mol. The first kappa shape index (κ1) is 19.2. The van der Waals surface area contributed by atoms with E-state index < -0.39 is 0 Å². The third kappa shape index (κ3) is 4.22. The van der Waals surface area contributed by atoms with Crippen molar-refractivity contribution in [3.05, 3.63) is 44.8 Å². The Morgan fingerprint density at radius 1 is 1.04 bits per heavy atom. The van der Waals surface area contributed by atoms with Crippen LogP contribution in [0.2, 0.25) is 0 Å². The zero-order valence-electron chi connectivity index (χ0n) is 14.5. The molecular weight excluding hydrogens is 462 g/mol. The van der Waals surface area contributed by atoms with Crippen LogP contribution >= 0.6 is 31.9 Å². The third-order valence-electron chi connectivity index (χ3n) is 4.58. The van der Waals surface area contributed by atoms with E-state index in [1.54, 1.807) is 12.3 Å². The predicted molar refractivity (Wildman–Crippen MR) is 113 cm³/mol. The highest BCUT2D eigenvalue weighted by atomic mass is 79.9. The number of piperazine rings is 1. The van der Waals surface area contributed by atoms with E-state index in [0.29, 0.717) is 10.0 Å². The summed E-state index contributed by atoms with van der Waals surface area (Å²) in [5.74, 6) is -0.0768. The fourth-order valence-electron chi connectivity index (χ4n) is 2.93. The van der Waals surface area contributed by atoms with E-state index >= 15 is 0 Å². The quantitative estimate of drug-likeness (QED) is 0.629. The second-order valence-corrected chi connectivity index (χ2v) is 7.80. The number of hydrogen-bond donors (Lipinski definition) is 2. The van der Waals surface area contributed by atoms with Crippen LogP contribution < -0.4 is 4.90 Å². The molecule has 0 aromatic heterocycles. The van der Waals surface area contributed by atoms with Crippen LogP contribution in [0.15, 0.2) is 44.3 Å². The molecule has 1 aliphatic heterocycles.